The van der Waals surface area contributed by atoms with Gasteiger partial charge in [-0.25, -0.2) is 23.1 Å². The van der Waals surface area contributed by atoms with E-state index in [9.17, 15) is 9.59 Å². The van der Waals surface area contributed by atoms with Gasteiger partial charge in [-0.2, -0.15) is 10.2 Å². The molecular weight excluding hydrogens is 849 g/mol. The number of hydrogen-bond donors (Lipinski definition) is 1. The van der Waals surface area contributed by atoms with Crippen molar-refractivity contribution in [3.05, 3.63) is 134 Å². The van der Waals surface area contributed by atoms with E-state index in [4.69, 9.17) is 19.3 Å². The van der Waals surface area contributed by atoms with Crippen molar-refractivity contribution < 1.29 is 22.8 Å². The predicted octanol–water partition coefficient (Wildman–Crippen LogP) is 7.12. The number of carbonyl (C=O) groups is 1. The van der Waals surface area contributed by atoms with E-state index < -0.39 is 28.8 Å². The molecule has 1 saturated heterocycles. The molecule has 3 atom stereocenters. The van der Waals surface area contributed by atoms with E-state index in [1.54, 1.807) is 40.0 Å². The van der Waals surface area contributed by atoms with Crippen LogP contribution in [0.5, 0.6) is 0 Å². The number of carbonyl (C=O) groups excluding carboxylic acids is 1. The number of ether oxygens (including phenoxy) is 1. The van der Waals surface area contributed by atoms with E-state index >= 15 is 13.6 Å². The summed E-state index contributed by atoms with van der Waals surface area (Å²) in [5, 5.41) is 14.0. The van der Waals surface area contributed by atoms with Crippen molar-refractivity contribution in [3.8, 4) is 17.2 Å². The average molecular weight is 894 g/mol. The summed E-state index contributed by atoms with van der Waals surface area (Å²) in [5.74, 6) is -0.836. The van der Waals surface area contributed by atoms with E-state index in [0.717, 1.165) is 49.7 Å². The lowest BCUT2D eigenvalue weighted by molar-refractivity contribution is 0.0663. The van der Waals surface area contributed by atoms with Crippen LogP contribution in [0.15, 0.2) is 81.2 Å². The van der Waals surface area contributed by atoms with Gasteiger partial charge in [0.15, 0.2) is 11.6 Å². The fourth-order valence-corrected chi connectivity index (χ4v) is 10.9. The number of imidazole rings is 1. The molecule has 5 aliphatic rings. The van der Waals surface area contributed by atoms with Crippen LogP contribution in [0, 0.1) is 17.6 Å². The molecule has 0 radical (unpaired) electrons. The molecule has 8 heterocycles. The van der Waals surface area contributed by atoms with Crippen LogP contribution < -0.4 is 11.4 Å². The molecular formula is C48H45F2N11O5. The van der Waals surface area contributed by atoms with Gasteiger partial charge in [-0.15, -0.1) is 0 Å². The SMILES string of the molecule is C[C@H]1c2c(nn(-c3ccc(F)c(C4CC4)c3)c2-n2ccn(-c3ccc4c(cnn4C4CC4)c3F)c2=O)CCN1C(=O)c1cc2nc(C3CCOCC3)ccc2n1[C@@]1(c2noc(=O)[nH]2)C[C@@H]1C. The van der Waals surface area contributed by atoms with Gasteiger partial charge in [-0.1, -0.05) is 12.1 Å². The molecule has 18 heteroatoms. The highest BCUT2D eigenvalue weighted by Gasteiger charge is 2.59. The number of pyridine rings is 1. The normalized spacial score (nSPS) is 22.2. The summed E-state index contributed by atoms with van der Waals surface area (Å²) >= 11 is 0. The number of amides is 1. The summed E-state index contributed by atoms with van der Waals surface area (Å²) in [4.78, 5) is 52.4. The second-order valence-electron chi connectivity index (χ2n) is 18.8. The number of benzene rings is 2. The standard InChI is InChI=1S/C48H45F2N11O5/c1-25-23-48(25,45-53-46(63)66-55-45)59-38-10-9-34(28-14-19-65-20-15-28)52-36(38)22-40(59)44(62)56-16-13-35-41(26(56)2)43(61(54-35)30-7-8-33(49)31(21-30)27-3-4-27)58-18-17-57(47(58)64)39-12-11-37-32(42(39)50)24-51-60(37)29-5-6-29/h7-12,17-18,21-22,24-29H,3-6,13-16,19-20,23H2,1-2H3,(H,53,55,63)/t25-,26-,48-/m0/s1. The smallest absolute Gasteiger partial charge is 0.381 e. The van der Waals surface area contributed by atoms with E-state index in [2.05, 4.69) is 15.2 Å². The van der Waals surface area contributed by atoms with E-state index in [1.807, 2.05) is 41.3 Å². The monoisotopic (exact) mass is 893 g/mol. The van der Waals surface area contributed by atoms with Crippen molar-refractivity contribution in [2.75, 3.05) is 19.8 Å². The number of aromatic amines is 1. The zero-order valence-electron chi connectivity index (χ0n) is 36.3. The summed E-state index contributed by atoms with van der Waals surface area (Å²) in [6, 6.07) is 13.7. The van der Waals surface area contributed by atoms with Gasteiger partial charge >= 0.3 is 11.4 Å². The van der Waals surface area contributed by atoms with Gasteiger partial charge in [0.1, 0.15) is 22.9 Å². The maximum Gasteiger partial charge on any atom is 0.438 e. The summed E-state index contributed by atoms with van der Waals surface area (Å²) in [5.41, 5.74) is 4.43. The first kappa shape index (κ1) is 39.4. The van der Waals surface area contributed by atoms with Crippen molar-refractivity contribution in [1.82, 2.24) is 53.3 Å². The minimum Gasteiger partial charge on any atom is -0.381 e. The minimum absolute atomic E-state index is 0.0159. The molecule has 0 unspecified atom stereocenters. The van der Waals surface area contributed by atoms with Gasteiger partial charge in [-0.05, 0) is 118 Å². The largest absolute Gasteiger partial charge is 0.438 e. The number of nitrogens with zero attached hydrogens (tertiary/aromatic N) is 10. The topological polar surface area (TPSA) is 169 Å². The summed E-state index contributed by atoms with van der Waals surface area (Å²) in [6.07, 6.45) is 11.0. The highest BCUT2D eigenvalue weighted by atomic mass is 19.1. The maximum absolute atomic E-state index is 16.4. The third-order valence-corrected chi connectivity index (χ3v) is 14.9. The van der Waals surface area contributed by atoms with Crippen LogP contribution in [0.3, 0.4) is 0 Å². The van der Waals surface area contributed by atoms with Crippen LogP contribution in [0.1, 0.15) is 122 Å². The summed E-state index contributed by atoms with van der Waals surface area (Å²) in [7, 11) is 0. The Bertz CT molecular complexity index is 3430. The third-order valence-electron chi connectivity index (χ3n) is 14.9. The molecule has 66 heavy (non-hydrogen) atoms. The molecule has 16 nitrogen and oxygen atoms in total. The second kappa shape index (κ2) is 14.3. The summed E-state index contributed by atoms with van der Waals surface area (Å²) in [6.45, 7) is 5.56. The van der Waals surface area contributed by atoms with E-state index in [0.29, 0.717) is 88.9 Å². The average Bonchev–Trinajstić information content (AvgIpc) is 4.26. The lowest BCUT2D eigenvalue weighted by atomic mass is 9.96. The Kier molecular flexibility index (Phi) is 8.52. The van der Waals surface area contributed by atoms with Crippen molar-refractivity contribution in [1.29, 1.82) is 0 Å². The molecule has 3 saturated carbocycles. The van der Waals surface area contributed by atoms with Gasteiger partial charge in [0, 0.05) is 55.7 Å². The molecule has 1 N–H and O–H groups in total. The van der Waals surface area contributed by atoms with Gasteiger partial charge in [-0.3, -0.25) is 33.1 Å². The molecule has 4 fully saturated rings. The first-order chi connectivity index (χ1) is 32.1. The zero-order chi connectivity index (χ0) is 44.7. The fourth-order valence-electron chi connectivity index (χ4n) is 10.9. The number of hydrogen-bond acceptors (Lipinski definition) is 9. The molecule has 8 aromatic rings. The molecule has 0 spiro atoms. The first-order valence-electron chi connectivity index (χ1n) is 22.9. The molecule has 2 aliphatic heterocycles. The van der Waals surface area contributed by atoms with Gasteiger partial charge in [0.05, 0.1) is 57.3 Å². The quantitative estimate of drug-likeness (QED) is 0.159. The fraction of sp³-hybridized carbons (Fsp3) is 0.396. The van der Waals surface area contributed by atoms with E-state index in [1.165, 1.54) is 27.6 Å². The van der Waals surface area contributed by atoms with Crippen LogP contribution in [-0.2, 0) is 16.7 Å². The lowest BCUT2D eigenvalue weighted by Crippen LogP contribution is -2.41. The molecule has 2 aromatic carbocycles. The number of H-pyrrole nitrogens is 1. The molecule has 13 rings (SSSR count). The molecule has 1 amide bonds. The maximum atomic E-state index is 16.4. The van der Waals surface area contributed by atoms with Gasteiger partial charge < -0.3 is 14.2 Å². The molecule has 0 bridgehead atoms. The molecule has 3 aliphatic carbocycles. The first-order valence-corrected chi connectivity index (χ1v) is 22.9. The Morgan fingerprint density at radius 2 is 1.70 bits per heavy atom. The molecule has 6 aromatic heterocycles. The van der Waals surface area contributed by atoms with Crippen LogP contribution in [0.4, 0.5) is 8.78 Å². The van der Waals surface area contributed by atoms with Crippen molar-refractivity contribution >= 4 is 27.8 Å². The van der Waals surface area contributed by atoms with Crippen LogP contribution in [-0.4, -0.2) is 79.0 Å². The highest BCUT2D eigenvalue weighted by molar-refractivity contribution is 5.99. The highest BCUT2D eigenvalue weighted by Crippen LogP contribution is 2.56. The second-order valence-corrected chi connectivity index (χ2v) is 18.8. The Balaban J connectivity index is 0.948. The van der Waals surface area contributed by atoms with Crippen LogP contribution >= 0.6 is 0 Å². The number of nitrogens with one attached hydrogen (secondary N) is 1. The van der Waals surface area contributed by atoms with Crippen molar-refractivity contribution in [2.24, 2.45) is 5.92 Å². The van der Waals surface area contributed by atoms with Crippen LogP contribution in [0.2, 0.25) is 0 Å². The van der Waals surface area contributed by atoms with Crippen molar-refractivity contribution in [2.45, 2.75) is 94.7 Å². The Morgan fingerprint density at radius 1 is 0.909 bits per heavy atom. The Morgan fingerprint density at radius 3 is 2.44 bits per heavy atom. The number of halogens is 2. The van der Waals surface area contributed by atoms with Crippen molar-refractivity contribution in [3.63, 3.8) is 0 Å². The minimum atomic E-state index is -0.881. The van der Waals surface area contributed by atoms with E-state index in [-0.39, 0.29) is 41.2 Å². The van der Waals surface area contributed by atoms with Crippen LogP contribution in [0.25, 0.3) is 39.1 Å². The van der Waals surface area contributed by atoms with Gasteiger partial charge in [0.25, 0.3) is 5.91 Å². The Hall–Kier alpha value is -6.95. The number of rotatable bonds is 9. The number of aromatic nitrogens is 10. The predicted molar refractivity (Wildman–Crippen MR) is 236 cm³/mol. The summed E-state index contributed by atoms with van der Waals surface area (Å²) < 4.78 is 50.6. The van der Waals surface area contributed by atoms with Gasteiger partial charge in [0.2, 0.25) is 0 Å². The Labute approximate surface area is 374 Å². The lowest BCUT2D eigenvalue weighted by Gasteiger charge is -2.34. The third kappa shape index (κ3) is 5.85. The zero-order valence-corrected chi connectivity index (χ0v) is 36.3. The number of fused-ring (bicyclic) bond motifs is 3. The molecule has 336 valence electrons.